The molecule has 1 aliphatic carbocycles. The SMILES string of the molecule is OCC1CC(C(Cl)(Cl)Cl)Cc2c1ccc1c2ccc2ccccc21. The van der Waals surface area contributed by atoms with Crippen molar-refractivity contribution in [3.63, 3.8) is 0 Å². The van der Waals surface area contributed by atoms with E-state index in [0.29, 0.717) is 6.42 Å². The maximum atomic E-state index is 9.84. The van der Waals surface area contributed by atoms with Crippen molar-refractivity contribution in [2.75, 3.05) is 6.61 Å². The van der Waals surface area contributed by atoms with E-state index in [2.05, 4.69) is 42.5 Å². The maximum absolute atomic E-state index is 9.84. The van der Waals surface area contributed by atoms with E-state index in [1.807, 2.05) is 6.07 Å². The van der Waals surface area contributed by atoms with E-state index in [9.17, 15) is 5.11 Å². The molecule has 0 saturated heterocycles. The number of rotatable bonds is 1. The molecule has 0 amide bonds. The Morgan fingerprint density at radius 3 is 2.42 bits per heavy atom. The molecule has 0 aromatic heterocycles. The average Bonchev–Trinajstić information content (AvgIpc) is 2.59. The van der Waals surface area contributed by atoms with Crippen molar-refractivity contribution in [3.8, 4) is 0 Å². The van der Waals surface area contributed by atoms with Gasteiger partial charge < -0.3 is 5.11 Å². The van der Waals surface area contributed by atoms with E-state index in [0.717, 1.165) is 6.42 Å². The molecule has 0 fully saturated rings. The van der Waals surface area contributed by atoms with Gasteiger partial charge in [0, 0.05) is 18.4 Å². The number of hydrogen-bond donors (Lipinski definition) is 1. The summed E-state index contributed by atoms with van der Waals surface area (Å²) in [5, 5.41) is 14.7. The lowest BCUT2D eigenvalue weighted by Crippen LogP contribution is -2.30. The van der Waals surface area contributed by atoms with Crippen LogP contribution in [0.25, 0.3) is 21.5 Å². The average molecular weight is 380 g/mol. The van der Waals surface area contributed by atoms with Crippen molar-refractivity contribution < 1.29 is 5.11 Å². The monoisotopic (exact) mass is 378 g/mol. The number of hydrogen-bond acceptors (Lipinski definition) is 1. The first kappa shape index (κ1) is 16.5. The summed E-state index contributed by atoms with van der Waals surface area (Å²) in [7, 11) is 0. The molecule has 0 aliphatic heterocycles. The van der Waals surface area contributed by atoms with Crippen LogP contribution in [0.5, 0.6) is 0 Å². The molecule has 2 unspecified atom stereocenters. The molecule has 1 nitrogen and oxygen atoms in total. The molecule has 124 valence electrons. The van der Waals surface area contributed by atoms with Gasteiger partial charge in [-0.3, -0.25) is 0 Å². The summed E-state index contributed by atoms with van der Waals surface area (Å²) in [6.45, 7) is 0.0728. The van der Waals surface area contributed by atoms with Gasteiger partial charge in [-0.1, -0.05) is 83.3 Å². The van der Waals surface area contributed by atoms with Crippen LogP contribution in [0.3, 0.4) is 0 Å². The highest BCUT2D eigenvalue weighted by Gasteiger charge is 2.39. The summed E-state index contributed by atoms with van der Waals surface area (Å²) in [5.41, 5.74) is 2.39. The van der Waals surface area contributed by atoms with Crippen molar-refractivity contribution in [2.45, 2.75) is 22.6 Å². The molecule has 0 heterocycles. The van der Waals surface area contributed by atoms with Crippen molar-refractivity contribution in [1.82, 2.24) is 0 Å². The summed E-state index contributed by atoms with van der Waals surface area (Å²) in [6.07, 6.45) is 1.41. The third-order valence-corrected chi connectivity index (χ3v) is 6.14. The Labute approximate surface area is 156 Å². The van der Waals surface area contributed by atoms with E-state index in [-0.39, 0.29) is 18.4 Å². The first-order valence-corrected chi connectivity index (χ1v) is 9.23. The van der Waals surface area contributed by atoms with Crippen LogP contribution in [0.4, 0.5) is 0 Å². The van der Waals surface area contributed by atoms with Crippen LogP contribution in [0.15, 0.2) is 48.5 Å². The highest BCUT2D eigenvalue weighted by Crippen LogP contribution is 2.48. The van der Waals surface area contributed by atoms with Gasteiger partial charge >= 0.3 is 0 Å². The van der Waals surface area contributed by atoms with Crippen LogP contribution in [0.2, 0.25) is 0 Å². The summed E-state index contributed by atoms with van der Waals surface area (Å²) < 4.78 is -1.32. The normalized spacial score (nSPS) is 21.2. The van der Waals surface area contributed by atoms with E-state index < -0.39 is 3.79 Å². The molecule has 0 bridgehead atoms. The quantitative estimate of drug-likeness (QED) is 0.406. The standard InChI is InChI=1S/C20H17Cl3O/c21-20(22,23)14-9-13(11-24)16-7-8-17-15-4-2-1-3-12(15)5-6-18(17)19(16)10-14/h1-8,13-14,24H,9-11H2. The molecule has 0 spiro atoms. The van der Waals surface area contributed by atoms with Gasteiger partial charge in [-0.15, -0.1) is 0 Å². The topological polar surface area (TPSA) is 20.2 Å². The summed E-state index contributed by atoms with van der Waals surface area (Å²) in [6, 6.07) is 17.0. The highest BCUT2D eigenvalue weighted by atomic mass is 35.6. The zero-order valence-electron chi connectivity index (χ0n) is 13.0. The van der Waals surface area contributed by atoms with Crippen molar-refractivity contribution in [1.29, 1.82) is 0 Å². The van der Waals surface area contributed by atoms with Gasteiger partial charge in [0.05, 0.1) is 0 Å². The maximum Gasteiger partial charge on any atom is 0.193 e. The summed E-state index contributed by atoms with van der Waals surface area (Å²) >= 11 is 18.6. The Bertz CT molecular complexity index is 914. The summed E-state index contributed by atoms with van der Waals surface area (Å²) in [5.74, 6) is -0.0746. The molecule has 0 saturated carbocycles. The molecule has 3 aromatic rings. The second-order valence-corrected chi connectivity index (χ2v) is 8.94. The van der Waals surface area contributed by atoms with Crippen LogP contribution in [0, 0.1) is 5.92 Å². The minimum Gasteiger partial charge on any atom is -0.396 e. The molecule has 0 radical (unpaired) electrons. The minimum atomic E-state index is -1.32. The Kier molecular flexibility index (Phi) is 4.17. The van der Waals surface area contributed by atoms with Crippen LogP contribution >= 0.6 is 34.8 Å². The lowest BCUT2D eigenvalue weighted by Gasteiger charge is -2.35. The fraction of sp³-hybridized carbons (Fsp3) is 0.300. The van der Waals surface area contributed by atoms with Crippen molar-refractivity contribution in [2.24, 2.45) is 5.92 Å². The Morgan fingerprint density at radius 2 is 1.67 bits per heavy atom. The number of aliphatic hydroxyl groups is 1. The fourth-order valence-corrected chi connectivity index (χ4v) is 4.50. The summed E-state index contributed by atoms with van der Waals surface area (Å²) in [4.78, 5) is 0. The molecule has 24 heavy (non-hydrogen) atoms. The van der Waals surface area contributed by atoms with Gasteiger partial charge in [-0.2, -0.15) is 0 Å². The molecular formula is C20H17Cl3O. The van der Waals surface area contributed by atoms with Gasteiger partial charge in [-0.25, -0.2) is 0 Å². The number of aliphatic hydroxyl groups excluding tert-OH is 1. The zero-order valence-corrected chi connectivity index (χ0v) is 15.2. The first-order chi connectivity index (χ1) is 11.5. The van der Waals surface area contributed by atoms with E-state index in [1.165, 1.54) is 32.7 Å². The smallest absolute Gasteiger partial charge is 0.193 e. The largest absolute Gasteiger partial charge is 0.396 e. The molecule has 1 aliphatic rings. The van der Waals surface area contributed by atoms with Gasteiger partial charge in [0.2, 0.25) is 0 Å². The van der Waals surface area contributed by atoms with E-state index >= 15 is 0 Å². The Balaban J connectivity index is 1.97. The van der Waals surface area contributed by atoms with Crippen molar-refractivity contribution >= 4 is 56.3 Å². The number of fused-ring (bicyclic) bond motifs is 5. The van der Waals surface area contributed by atoms with E-state index in [1.54, 1.807) is 0 Å². The minimum absolute atomic E-state index is 0.0187. The lowest BCUT2D eigenvalue weighted by molar-refractivity contribution is 0.235. The fourth-order valence-electron chi connectivity index (χ4n) is 4.00. The Morgan fingerprint density at radius 1 is 0.917 bits per heavy atom. The molecule has 4 heteroatoms. The van der Waals surface area contributed by atoms with E-state index in [4.69, 9.17) is 34.8 Å². The van der Waals surface area contributed by atoms with Crippen LogP contribution in [-0.2, 0) is 6.42 Å². The third-order valence-electron chi connectivity index (χ3n) is 5.22. The van der Waals surface area contributed by atoms with Gasteiger partial charge in [0.1, 0.15) is 0 Å². The van der Waals surface area contributed by atoms with Gasteiger partial charge in [0.15, 0.2) is 3.79 Å². The van der Waals surface area contributed by atoms with Crippen LogP contribution in [-0.4, -0.2) is 15.5 Å². The van der Waals surface area contributed by atoms with Crippen LogP contribution in [0.1, 0.15) is 23.5 Å². The number of benzene rings is 3. The highest BCUT2D eigenvalue weighted by molar-refractivity contribution is 6.67. The predicted octanol–water partition coefficient (Wildman–Crippen LogP) is 6.00. The van der Waals surface area contributed by atoms with Gasteiger partial charge in [0.25, 0.3) is 0 Å². The van der Waals surface area contributed by atoms with Gasteiger partial charge in [-0.05, 0) is 45.5 Å². The Hall–Kier alpha value is -0.990. The van der Waals surface area contributed by atoms with Crippen molar-refractivity contribution in [3.05, 3.63) is 59.7 Å². The molecule has 2 atom stereocenters. The second-order valence-electron chi connectivity index (χ2n) is 6.57. The molecular weight excluding hydrogens is 363 g/mol. The molecule has 1 N–H and O–H groups in total. The molecule has 3 aromatic carbocycles. The third kappa shape index (κ3) is 2.68. The van der Waals surface area contributed by atoms with Crippen LogP contribution < -0.4 is 0 Å². The number of alkyl halides is 3. The second kappa shape index (κ2) is 6.07. The first-order valence-electron chi connectivity index (χ1n) is 8.10. The lowest BCUT2D eigenvalue weighted by atomic mass is 9.75. The molecule has 4 rings (SSSR count). The zero-order chi connectivity index (χ0) is 16.9. The predicted molar refractivity (Wildman–Crippen MR) is 103 cm³/mol. The number of halogens is 3.